The molecule has 5 nitrogen and oxygen atoms in total. The van der Waals surface area contributed by atoms with Gasteiger partial charge in [-0.15, -0.1) is 11.3 Å². The number of hydrogen-bond donors (Lipinski definition) is 1. The Hall–Kier alpha value is -2.21. The van der Waals surface area contributed by atoms with Gasteiger partial charge in [0.15, 0.2) is 5.65 Å². The molecule has 0 radical (unpaired) electrons. The largest absolute Gasteiger partial charge is 0.349 e. The second kappa shape index (κ2) is 6.73. The molecule has 0 unspecified atom stereocenters. The summed E-state index contributed by atoms with van der Waals surface area (Å²) < 4.78 is 1.76. The van der Waals surface area contributed by atoms with Crippen LogP contribution in [0.2, 0.25) is 0 Å². The van der Waals surface area contributed by atoms with Crippen LogP contribution in [0.3, 0.4) is 0 Å². The number of carbonyl (C=O) groups excluding carboxylic acids is 1. The quantitative estimate of drug-likeness (QED) is 0.735. The Morgan fingerprint density at radius 3 is 2.79 bits per heavy atom. The number of nitrogens with one attached hydrogen (secondary N) is 1. The van der Waals surface area contributed by atoms with E-state index in [1.165, 1.54) is 25.7 Å². The summed E-state index contributed by atoms with van der Waals surface area (Å²) in [5, 5.41) is 9.62. The van der Waals surface area contributed by atoms with Crippen molar-refractivity contribution in [1.29, 1.82) is 0 Å². The molecule has 0 aliphatic heterocycles. The van der Waals surface area contributed by atoms with E-state index in [-0.39, 0.29) is 11.9 Å². The Labute approximate surface area is 144 Å². The number of hydrogen-bond acceptors (Lipinski definition) is 4. The lowest BCUT2D eigenvalue weighted by molar-refractivity contribution is 0.0935. The molecular weight excluding hydrogens is 320 g/mol. The van der Waals surface area contributed by atoms with Crippen molar-refractivity contribution in [3.8, 4) is 10.6 Å². The van der Waals surface area contributed by atoms with Crippen molar-refractivity contribution in [2.45, 2.75) is 44.6 Å². The minimum absolute atomic E-state index is 0.0623. The molecule has 0 aromatic carbocycles. The first-order valence-electron chi connectivity index (χ1n) is 8.50. The van der Waals surface area contributed by atoms with Gasteiger partial charge in [0.05, 0.1) is 16.8 Å². The first-order chi connectivity index (χ1) is 11.8. The summed E-state index contributed by atoms with van der Waals surface area (Å²) in [6, 6.07) is 6.26. The highest BCUT2D eigenvalue weighted by atomic mass is 32.1. The Morgan fingerprint density at radius 1 is 1.21 bits per heavy atom. The fourth-order valence-corrected chi connectivity index (χ4v) is 4.09. The van der Waals surface area contributed by atoms with Crippen molar-refractivity contribution in [1.82, 2.24) is 19.9 Å². The lowest BCUT2D eigenvalue weighted by Gasteiger charge is -2.15. The van der Waals surface area contributed by atoms with E-state index < -0.39 is 0 Å². The van der Waals surface area contributed by atoms with E-state index in [1.54, 1.807) is 28.2 Å². The summed E-state index contributed by atoms with van der Waals surface area (Å²) in [6.07, 6.45) is 10.4. The number of carbonyl (C=O) groups is 1. The van der Waals surface area contributed by atoms with Gasteiger partial charge in [-0.3, -0.25) is 4.79 Å². The fourth-order valence-electron chi connectivity index (χ4n) is 3.35. The number of fused-ring (bicyclic) bond motifs is 1. The van der Waals surface area contributed by atoms with Gasteiger partial charge in [-0.05, 0) is 30.4 Å². The third-order valence-corrected chi connectivity index (χ3v) is 5.50. The maximum Gasteiger partial charge on any atom is 0.256 e. The van der Waals surface area contributed by atoms with Gasteiger partial charge in [-0.25, -0.2) is 9.50 Å². The molecule has 124 valence electrons. The number of amides is 1. The van der Waals surface area contributed by atoms with Crippen LogP contribution in [0.1, 0.15) is 48.9 Å². The first kappa shape index (κ1) is 15.3. The topological polar surface area (TPSA) is 59.3 Å². The molecule has 0 saturated heterocycles. The van der Waals surface area contributed by atoms with Crippen LogP contribution in [0, 0.1) is 0 Å². The molecule has 0 atom stereocenters. The Morgan fingerprint density at radius 2 is 2.04 bits per heavy atom. The lowest BCUT2D eigenvalue weighted by Crippen LogP contribution is -2.34. The molecule has 3 heterocycles. The molecule has 0 bridgehead atoms. The van der Waals surface area contributed by atoms with Gasteiger partial charge in [-0.1, -0.05) is 31.7 Å². The normalized spacial score (nSPS) is 16.2. The van der Waals surface area contributed by atoms with Gasteiger partial charge in [0.25, 0.3) is 5.91 Å². The summed E-state index contributed by atoms with van der Waals surface area (Å²) in [5.41, 5.74) is 2.13. The molecule has 24 heavy (non-hydrogen) atoms. The predicted octanol–water partition coefficient (Wildman–Crippen LogP) is 3.91. The molecule has 1 N–H and O–H groups in total. The summed E-state index contributed by atoms with van der Waals surface area (Å²) in [6.45, 7) is 0. The molecule has 0 spiro atoms. The highest BCUT2D eigenvalue weighted by Gasteiger charge is 2.20. The molecule has 4 rings (SSSR count). The van der Waals surface area contributed by atoms with Gasteiger partial charge in [0.1, 0.15) is 5.56 Å². The van der Waals surface area contributed by atoms with Gasteiger partial charge in [0.2, 0.25) is 0 Å². The first-order valence-corrected chi connectivity index (χ1v) is 9.38. The van der Waals surface area contributed by atoms with Crippen LogP contribution in [0.5, 0.6) is 0 Å². The van der Waals surface area contributed by atoms with Crippen molar-refractivity contribution in [3.05, 3.63) is 41.5 Å². The highest BCUT2D eigenvalue weighted by Crippen LogP contribution is 2.25. The van der Waals surface area contributed by atoms with Crippen LogP contribution in [0.25, 0.3) is 16.2 Å². The second-order valence-corrected chi connectivity index (χ2v) is 7.21. The van der Waals surface area contributed by atoms with Crippen molar-refractivity contribution in [3.63, 3.8) is 0 Å². The van der Waals surface area contributed by atoms with Crippen molar-refractivity contribution in [2.24, 2.45) is 0 Å². The Bertz CT molecular complexity index is 832. The molecule has 6 heteroatoms. The zero-order valence-corrected chi connectivity index (χ0v) is 14.3. The summed E-state index contributed by atoms with van der Waals surface area (Å²) in [5.74, 6) is -0.0623. The molecule has 1 aliphatic rings. The standard InChI is InChI=1S/C18H20N4OS/c23-18(21-13-6-3-1-2-4-7-13)14-12-20-22-15(9-10-19-17(14)22)16-8-5-11-24-16/h5,8-13H,1-4,6-7H2,(H,21,23). The van der Waals surface area contributed by atoms with Crippen molar-refractivity contribution < 1.29 is 4.79 Å². The van der Waals surface area contributed by atoms with E-state index in [2.05, 4.69) is 15.4 Å². The molecule has 1 aliphatic carbocycles. The van der Waals surface area contributed by atoms with Gasteiger partial charge in [0, 0.05) is 12.2 Å². The average molecular weight is 340 g/mol. The van der Waals surface area contributed by atoms with E-state index in [0.29, 0.717) is 11.2 Å². The SMILES string of the molecule is O=C(NC1CCCCCC1)c1cnn2c(-c3cccs3)ccnc12. The number of nitrogens with zero attached hydrogens (tertiary/aromatic N) is 3. The zero-order chi connectivity index (χ0) is 16.4. The van der Waals surface area contributed by atoms with Gasteiger partial charge >= 0.3 is 0 Å². The molecule has 3 aromatic heterocycles. The van der Waals surface area contributed by atoms with Crippen molar-refractivity contribution >= 4 is 22.9 Å². The predicted molar refractivity (Wildman–Crippen MR) is 95.3 cm³/mol. The van der Waals surface area contributed by atoms with E-state index in [9.17, 15) is 4.79 Å². The van der Waals surface area contributed by atoms with Crippen LogP contribution >= 0.6 is 11.3 Å². The van der Waals surface area contributed by atoms with Gasteiger partial charge in [-0.2, -0.15) is 5.10 Å². The van der Waals surface area contributed by atoms with Crippen LogP contribution < -0.4 is 5.32 Å². The third-order valence-electron chi connectivity index (χ3n) is 4.61. The monoisotopic (exact) mass is 340 g/mol. The third kappa shape index (κ3) is 2.94. The van der Waals surface area contributed by atoms with Crippen LogP contribution in [-0.4, -0.2) is 26.5 Å². The van der Waals surface area contributed by atoms with E-state index in [0.717, 1.165) is 23.4 Å². The van der Waals surface area contributed by atoms with Gasteiger partial charge < -0.3 is 5.32 Å². The Balaban J connectivity index is 1.62. The molecule has 1 fully saturated rings. The maximum atomic E-state index is 12.7. The second-order valence-electron chi connectivity index (χ2n) is 6.26. The number of aromatic nitrogens is 3. The minimum atomic E-state index is -0.0623. The van der Waals surface area contributed by atoms with E-state index in [1.807, 2.05) is 23.6 Å². The van der Waals surface area contributed by atoms with Crippen LogP contribution in [0.4, 0.5) is 0 Å². The summed E-state index contributed by atoms with van der Waals surface area (Å²) in [4.78, 5) is 18.2. The highest BCUT2D eigenvalue weighted by molar-refractivity contribution is 7.13. The van der Waals surface area contributed by atoms with E-state index in [4.69, 9.17) is 0 Å². The average Bonchev–Trinajstić information content (AvgIpc) is 3.21. The van der Waals surface area contributed by atoms with Crippen LogP contribution in [-0.2, 0) is 0 Å². The lowest BCUT2D eigenvalue weighted by atomic mass is 10.1. The van der Waals surface area contributed by atoms with Crippen molar-refractivity contribution in [2.75, 3.05) is 0 Å². The summed E-state index contributed by atoms with van der Waals surface area (Å²) in [7, 11) is 0. The molecule has 1 amide bonds. The number of thiophene rings is 1. The zero-order valence-electron chi connectivity index (χ0n) is 13.4. The molecule has 1 saturated carbocycles. The molecular formula is C18H20N4OS. The van der Waals surface area contributed by atoms with E-state index >= 15 is 0 Å². The number of rotatable bonds is 3. The Kier molecular flexibility index (Phi) is 4.30. The fraction of sp³-hybridized carbons (Fsp3) is 0.389. The molecule has 3 aromatic rings. The van der Waals surface area contributed by atoms with Crippen LogP contribution in [0.15, 0.2) is 36.0 Å². The maximum absolute atomic E-state index is 12.7. The minimum Gasteiger partial charge on any atom is -0.349 e. The summed E-state index contributed by atoms with van der Waals surface area (Å²) >= 11 is 1.65. The smallest absolute Gasteiger partial charge is 0.256 e.